The SMILES string of the molecule is COc1cc(F)cc(OC)c1[C@H]1CN(c2nc(-c3ccncn3)cc(=O)n2C)CCO1. The lowest BCUT2D eigenvalue weighted by molar-refractivity contribution is 0.0358. The molecule has 0 unspecified atom stereocenters. The minimum Gasteiger partial charge on any atom is -0.496 e. The molecule has 1 aliphatic heterocycles. The zero-order valence-electron chi connectivity index (χ0n) is 17.4. The zero-order valence-corrected chi connectivity index (χ0v) is 17.4. The van der Waals surface area contributed by atoms with E-state index in [4.69, 9.17) is 14.2 Å². The van der Waals surface area contributed by atoms with Crippen LogP contribution in [0.2, 0.25) is 0 Å². The number of morpholine rings is 1. The number of benzene rings is 1. The summed E-state index contributed by atoms with van der Waals surface area (Å²) in [5, 5.41) is 0. The molecule has 3 aromatic rings. The van der Waals surface area contributed by atoms with E-state index in [0.717, 1.165) is 0 Å². The second-order valence-corrected chi connectivity index (χ2v) is 6.96. The molecule has 0 bridgehead atoms. The van der Waals surface area contributed by atoms with Crippen molar-refractivity contribution < 1.29 is 18.6 Å². The van der Waals surface area contributed by atoms with Crippen molar-refractivity contribution >= 4 is 5.95 Å². The van der Waals surface area contributed by atoms with Crippen molar-refractivity contribution in [3.8, 4) is 22.9 Å². The van der Waals surface area contributed by atoms with Crippen LogP contribution in [-0.4, -0.2) is 53.4 Å². The van der Waals surface area contributed by atoms with E-state index in [1.807, 2.05) is 4.90 Å². The van der Waals surface area contributed by atoms with Gasteiger partial charge in [-0.2, -0.15) is 0 Å². The van der Waals surface area contributed by atoms with Crippen LogP contribution in [0.15, 0.2) is 41.6 Å². The summed E-state index contributed by atoms with van der Waals surface area (Å²) >= 11 is 0. The van der Waals surface area contributed by atoms with Crippen LogP contribution in [0.3, 0.4) is 0 Å². The van der Waals surface area contributed by atoms with E-state index in [-0.39, 0.29) is 5.56 Å². The van der Waals surface area contributed by atoms with E-state index in [1.165, 1.54) is 43.3 Å². The van der Waals surface area contributed by atoms with Gasteiger partial charge in [-0.25, -0.2) is 19.3 Å². The molecule has 0 aliphatic carbocycles. The van der Waals surface area contributed by atoms with E-state index < -0.39 is 11.9 Å². The number of hydrogen-bond acceptors (Lipinski definition) is 8. The Hall–Kier alpha value is -3.53. The monoisotopic (exact) mass is 427 g/mol. The topological polar surface area (TPSA) is 91.6 Å². The maximum absolute atomic E-state index is 13.9. The van der Waals surface area contributed by atoms with E-state index in [2.05, 4.69) is 15.0 Å². The predicted molar refractivity (Wildman–Crippen MR) is 111 cm³/mol. The van der Waals surface area contributed by atoms with Crippen LogP contribution in [0.4, 0.5) is 10.3 Å². The van der Waals surface area contributed by atoms with Gasteiger partial charge in [0.2, 0.25) is 5.95 Å². The summed E-state index contributed by atoms with van der Waals surface area (Å²) in [6.07, 6.45) is 2.53. The summed E-state index contributed by atoms with van der Waals surface area (Å²) in [7, 11) is 4.60. The van der Waals surface area contributed by atoms with Gasteiger partial charge in [-0.3, -0.25) is 9.36 Å². The first kappa shape index (κ1) is 20.7. The van der Waals surface area contributed by atoms with Crippen molar-refractivity contribution in [3.63, 3.8) is 0 Å². The highest BCUT2D eigenvalue weighted by atomic mass is 19.1. The van der Waals surface area contributed by atoms with E-state index in [0.29, 0.717) is 54.1 Å². The molecule has 1 fully saturated rings. The quantitative estimate of drug-likeness (QED) is 0.610. The molecule has 0 radical (unpaired) electrons. The summed E-state index contributed by atoms with van der Waals surface area (Å²) in [5.74, 6) is 0.682. The van der Waals surface area contributed by atoms with Crippen molar-refractivity contribution in [2.75, 3.05) is 38.8 Å². The van der Waals surface area contributed by atoms with Gasteiger partial charge in [-0.05, 0) is 6.07 Å². The van der Waals surface area contributed by atoms with E-state index >= 15 is 0 Å². The molecule has 0 saturated carbocycles. The number of ether oxygens (including phenoxy) is 3. The standard InChI is InChI=1S/C21H22FN5O4/c1-26-19(28)10-15(14-4-5-23-12-24-14)25-21(26)27-6-7-31-18(11-27)20-16(29-2)8-13(22)9-17(20)30-3/h4-5,8-10,12,18H,6-7,11H2,1-3H3/t18-/m1/s1. The van der Waals surface area contributed by atoms with Crippen LogP contribution in [0.1, 0.15) is 11.7 Å². The highest BCUT2D eigenvalue weighted by Crippen LogP contribution is 2.39. The average molecular weight is 427 g/mol. The second-order valence-electron chi connectivity index (χ2n) is 6.96. The van der Waals surface area contributed by atoms with Gasteiger partial charge in [0, 0.05) is 38.0 Å². The first-order chi connectivity index (χ1) is 15.0. The smallest absolute Gasteiger partial charge is 0.255 e. The molecular formula is C21H22FN5O4. The van der Waals surface area contributed by atoms with Gasteiger partial charge in [-0.1, -0.05) is 0 Å². The van der Waals surface area contributed by atoms with Gasteiger partial charge in [0.15, 0.2) is 0 Å². The number of hydrogen-bond donors (Lipinski definition) is 0. The molecule has 1 atom stereocenters. The Morgan fingerprint density at radius 3 is 2.55 bits per heavy atom. The normalized spacial score (nSPS) is 16.3. The molecule has 31 heavy (non-hydrogen) atoms. The highest BCUT2D eigenvalue weighted by Gasteiger charge is 2.30. The summed E-state index contributed by atoms with van der Waals surface area (Å²) in [6.45, 7) is 1.27. The van der Waals surface area contributed by atoms with Crippen molar-refractivity contribution in [1.82, 2.24) is 19.5 Å². The number of anilines is 1. The number of methoxy groups -OCH3 is 2. The molecule has 1 aliphatic rings. The minimum absolute atomic E-state index is 0.210. The van der Waals surface area contributed by atoms with Gasteiger partial charge in [0.25, 0.3) is 5.56 Å². The van der Waals surface area contributed by atoms with Crippen molar-refractivity contribution in [2.45, 2.75) is 6.10 Å². The second kappa shape index (κ2) is 8.68. The van der Waals surface area contributed by atoms with Gasteiger partial charge in [0.05, 0.1) is 44.3 Å². The largest absolute Gasteiger partial charge is 0.496 e. The van der Waals surface area contributed by atoms with E-state index in [9.17, 15) is 9.18 Å². The van der Waals surface area contributed by atoms with Crippen molar-refractivity contribution in [1.29, 1.82) is 0 Å². The predicted octanol–water partition coefficient (Wildman–Crippen LogP) is 1.97. The lowest BCUT2D eigenvalue weighted by Gasteiger charge is -2.35. The first-order valence-electron chi connectivity index (χ1n) is 9.64. The minimum atomic E-state index is -0.473. The molecule has 2 aromatic heterocycles. The van der Waals surface area contributed by atoms with Crippen LogP contribution < -0.4 is 19.9 Å². The van der Waals surface area contributed by atoms with Gasteiger partial charge < -0.3 is 19.1 Å². The molecular weight excluding hydrogens is 405 g/mol. The fraction of sp³-hybridized carbons (Fsp3) is 0.333. The number of halogens is 1. The average Bonchev–Trinajstić information content (AvgIpc) is 2.80. The molecule has 0 N–H and O–H groups in total. The Morgan fingerprint density at radius 2 is 1.90 bits per heavy atom. The lowest BCUT2D eigenvalue weighted by Crippen LogP contribution is -2.42. The van der Waals surface area contributed by atoms with Crippen LogP contribution in [0.25, 0.3) is 11.4 Å². The molecule has 10 heteroatoms. The molecule has 0 amide bonds. The third-order valence-corrected chi connectivity index (χ3v) is 5.14. The molecule has 1 aromatic carbocycles. The van der Waals surface area contributed by atoms with Gasteiger partial charge in [0.1, 0.15) is 29.7 Å². The van der Waals surface area contributed by atoms with Crippen LogP contribution >= 0.6 is 0 Å². The maximum atomic E-state index is 13.9. The molecule has 3 heterocycles. The third-order valence-electron chi connectivity index (χ3n) is 5.14. The van der Waals surface area contributed by atoms with Crippen LogP contribution in [-0.2, 0) is 11.8 Å². The molecule has 162 valence electrons. The summed E-state index contributed by atoms with van der Waals surface area (Å²) in [5.41, 5.74) is 1.41. The summed E-state index contributed by atoms with van der Waals surface area (Å²) < 4.78 is 32.1. The highest BCUT2D eigenvalue weighted by molar-refractivity contribution is 5.55. The lowest BCUT2D eigenvalue weighted by atomic mass is 10.0. The molecule has 1 saturated heterocycles. The Labute approximate surface area is 178 Å². The fourth-order valence-corrected chi connectivity index (χ4v) is 3.61. The van der Waals surface area contributed by atoms with Crippen LogP contribution in [0.5, 0.6) is 11.5 Å². The maximum Gasteiger partial charge on any atom is 0.255 e. The summed E-state index contributed by atoms with van der Waals surface area (Å²) in [6, 6.07) is 5.73. The number of rotatable bonds is 5. The first-order valence-corrected chi connectivity index (χ1v) is 9.64. The van der Waals surface area contributed by atoms with Gasteiger partial charge >= 0.3 is 0 Å². The van der Waals surface area contributed by atoms with Crippen LogP contribution in [0, 0.1) is 5.82 Å². The third kappa shape index (κ3) is 4.06. The van der Waals surface area contributed by atoms with E-state index in [1.54, 1.807) is 19.3 Å². The number of aromatic nitrogens is 4. The molecule has 0 spiro atoms. The van der Waals surface area contributed by atoms with Gasteiger partial charge in [-0.15, -0.1) is 0 Å². The van der Waals surface area contributed by atoms with Crippen molar-refractivity contribution in [3.05, 3.63) is 58.5 Å². The Morgan fingerprint density at radius 1 is 1.16 bits per heavy atom. The molecule has 9 nitrogen and oxygen atoms in total. The molecule has 4 rings (SSSR count). The zero-order chi connectivity index (χ0) is 22.0. The number of nitrogens with zero attached hydrogens (tertiary/aromatic N) is 5. The Kier molecular flexibility index (Phi) is 5.81. The summed E-state index contributed by atoms with van der Waals surface area (Å²) in [4.78, 5) is 27.3. The van der Waals surface area contributed by atoms with Crippen molar-refractivity contribution in [2.24, 2.45) is 7.05 Å². The fourth-order valence-electron chi connectivity index (χ4n) is 3.61. The Bertz CT molecular complexity index is 1110. The Balaban J connectivity index is 1.72.